The number of aromatic nitrogens is 2. The molecule has 0 saturated carbocycles. The van der Waals surface area contributed by atoms with Crippen molar-refractivity contribution in [3.63, 3.8) is 0 Å². The molecule has 0 bridgehead atoms. The van der Waals surface area contributed by atoms with Crippen molar-refractivity contribution in [2.24, 2.45) is 5.92 Å². The number of benzene rings is 1. The lowest BCUT2D eigenvalue weighted by Gasteiger charge is -2.35. The van der Waals surface area contributed by atoms with E-state index in [1.165, 1.54) is 12.1 Å². The van der Waals surface area contributed by atoms with Crippen LogP contribution in [0.1, 0.15) is 31.4 Å². The third kappa shape index (κ3) is 4.15. The van der Waals surface area contributed by atoms with Crippen molar-refractivity contribution in [3.8, 4) is 11.1 Å². The quantitative estimate of drug-likeness (QED) is 0.802. The van der Waals surface area contributed by atoms with E-state index in [9.17, 15) is 9.18 Å². The van der Waals surface area contributed by atoms with E-state index in [2.05, 4.69) is 15.8 Å². The van der Waals surface area contributed by atoms with Crippen LogP contribution in [0, 0.1) is 11.7 Å². The number of likely N-dealkylation sites (tertiary alicyclic amines) is 1. The molecule has 2 fully saturated rings. The summed E-state index contributed by atoms with van der Waals surface area (Å²) in [4.78, 5) is 26.3. The van der Waals surface area contributed by atoms with Gasteiger partial charge in [0.15, 0.2) is 0 Å². The molecule has 1 aromatic carbocycles. The summed E-state index contributed by atoms with van der Waals surface area (Å²) in [5.74, 6) is 0.616. The molecule has 0 spiro atoms. The van der Waals surface area contributed by atoms with E-state index in [-0.39, 0.29) is 29.6 Å². The van der Waals surface area contributed by atoms with E-state index in [1.807, 2.05) is 37.0 Å². The maximum Gasteiger partial charge on any atom is 0.228 e. The molecule has 3 unspecified atom stereocenters. The average Bonchev–Trinajstić information content (AvgIpc) is 3.19. The number of piperidine rings is 1. The fraction of sp³-hybridized carbons (Fsp3) is 0.500. The monoisotopic (exact) mass is 412 g/mol. The fourth-order valence-electron chi connectivity index (χ4n) is 4.31. The molecule has 4 rings (SSSR count). The highest BCUT2D eigenvalue weighted by Gasteiger charge is 2.36. The van der Waals surface area contributed by atoms with Gasteiger partial charge in [-0.05, 0) is 37.5 Å². The maximum atomic E-state index is 13.5. The number of carbonyl (C=O) groups excluding carboxylic acids is 1. The minimum atomic E-state index is -0.270. The zero-order chi connectivity index (χ0) is 21.3. The Balaban J connectivity index is 1.64. The summed E-state index contributed by atoms with van der Waals surface area (Å²) in [7, 11) is 3.82. The Morgan fingerprint density at radius 1 is 1.27 bits per heavy atom. The number of hydrogen-bond donors (Lipinski definition) is 2. The van der Waals surface area contributed by atoms with Crippen molar-refractivity contribution in [1.82, 2.24) is 25.7 Å². The first-order valence-corrected chi connectivity index (χ1v) is 10.5. The van der Waals surface area contributed by atoms with Crippen molar-refractivity contribution in [2.75, 3.05) is 38.6 Å². The van der Waals surface area contributed by atoms with Gasteiger partial charge >= 0.3 is 0 Å². The third-order valence-corrected chi connectivity index (χ3v) is 6.05. The molecular weight excluding hydrogens is 383 g/mol. The second kappa shape index (κ2) is 8.65. The first kappa shape index (κ1) is 20.7. The summed E-state index contributed by atoms with van der Waals surface area (Å²) in [5.41, 5.74) is 8.93. The lowest BCUT2D eigenvalue weighted by molar-refractivity contribution is -0.136. The molecule has 2 aliphatic rings. The summed E-state index contributed by atoms with van der Waals surface area (Å²) in [6.07, 6.45) is 3.71. The van der Waals surface area contributed by atoms with Crippen LogP contribution in [0.5, 0.6) is 0 Å². The van der Waals surface area contributed by atoms with Crippen LogP contribution in [0.4, 0.5) is 10.3 Å². The van der Waals surface area contributed by atoms with Gasteiger partial charge in [0.25, 0.3) is 0 Å². The highest BCUT2D eigenvalue weighted by Crippen LogP contribution is 2.34. The van der Waals surface area contributed by atoms with Gasteiger partial charge in [0, 0.05) is 57.4 Å². The standard InChI is InChI=1S/C22H29FN6O/c1-14-18(12-25-27-14)21(30)29-10-4-5-16(13-29)20-19(11-24-22(26-20)28(2)3)15-6-8-17(23)9-7-15/h6-9,11,14,16,18,25,27H,4-5,10,12-13H2,1-3H3. The van der Waals surface area contributed by atoms with Crippen LogP contribution in [0.25, 0.3) is 11.1 Å². The summed E-state index contributed by atoms with van der Waals surface area (Å²) in [6, 6.07) is 6.55. The number of anilines is 1. The van der Waals surface area contributed by atoms with E-state index < -0.39 is 0 Å². The van der Waals surface area contributed by atoms with E-state index in [1.54, 1.807) is 12.1 Å². The molecular formula is C22H29FN6O. The van der Waals surface area contributed by atoms with E-state index in [4.69, 9.17) is 4.98 Å². The Kier molecular flexibility index (Phi) is 5.97. The number of rotatable bonds is 4. The first-order chi connectivity index (χ1) is 14.4. The largest absolute Gasteiger partial charge is 0.347 e. The molecule has 0 aliphatic carbocycles. The van der Waals surface area contributed by atoms with Crippen molar-refractivity contribution >= 4 is 11.9 Å². The Morgan fingerprint density at radius 2 is 2.03 bits per heavy atom. The van der Waals surface area contributed by atoms with Crippen molar-refractivity contribution in [2.45, 2.75) is 31.7 Å². The topological polar surface area (TPSA) is 73.4 Å². The number of halogens is 1. The second-order valence-electron chi connectivity index (χ2n) is 8.41. The van der Waals surface area contributed by atoms with Gasteiger partial charge in [0.1, 0.15) is 5.82 Å². The summed E-state index contributed by atoms with van der Waals surface area (Å²) in [6.45, 7) is 4.10. The molecule has 0 radical (unpaired) electrons. The number of hydrazine groups is 1. The van der Waals surface area contributed by atoms with Gasteiger partial charge < -0.3 is 9.80 Å². The lowest BCUT2D eigenvalue weighted by Crippen LogP contribution is -2.45. The minimum Gasteiger partial charge on any atom is -0.347 e. The van der Waals surface area contributed by atoms with Gasteiger partial charge in [-0.25, -0.2) is 14.4 Å². The van der Waals surface area contributed by atoms with Crippen LogP contribution in [-0.2, 0) is 4.79 Å². The number of nitrogens with one attached hydrogen (secondary N) is 2. The predicted octanol–water partition coefficient (Wildman–Crippen LogP) is 2.17. The van der Waals surface area contributed by atoms with Crippen molar-refractivity contribution in [3.05, 3.63) is 42.0 Å². The molecule has 3 atom stereocenters. The maximum absolute atomic E-state index is 13.5. The lowest BCUT2D eigenvalue weighted by atomic mass is 9.89. The zero-order valence-corrected chi connectivity index (χ0v) is 17.7. The van der Waals surface area contributed by atoms with Crippen molar-refractivity contribution in [1.29, 1.82) is 0 Å². The number of carbonyl (C=O) groups is 1. The van der Waals surface area contributed by atoms with Crippen LogP contribution < -0.4 is 15.8 Å². The second-order valence-corrected chi connectivity index (χ2v) is 8.41. The molecule has 2 aromatic rings. The van der Waals surface area contributed by atoms with Gasteiger partial charge in [-0.3, -0.25) is 15.6 Å². The van der Waals surface area contributed by atoms with E-state index in [0.717, 1.165) is 36.2 Å². The Labute approximate surface area is 176 Å². The van der Waals surface area contributed by atoms with Crippen LogP contribution in [0.15, 0.2) is 30.5 Å². The summed E-state index contributed by atoms with van der Waals surface area (Å²) >= 11 is 0. The van der Waals surface area contributed by atoms with Gasteiger partial charge in [-0.2, -0.15) is 0 Å². The van der Waals surface area contributed by atoms with Crippen molar-refractivity contribution < 1.29 is 9.18 Å². The number of nitrogens with zero attached hydrogens (tertiary/aromatic N) is 4. The molecule has 30 heavy (non-hydrogen) atoms. The molecule has 7 nitrogen and oxygen atoms in total. The Hall–Kier alpha value is -2.58. The van der Waals surface area contributed by atoms with Crippen LogP contribution in [0.3, 0.4) is 0 Å². The summed E-state index contributed by atoms with van der Waals surface area (Å²) < 4.78 is 13.5. The molecule has 2 saturated heterocycles. The Bertz CT molecular complexity index is 903. The van der Waals surface area contributed by atoms with Gasteiger partial charge in [-0.15, -0.1) is 0 Å². The average molecular weight is 413 g/mol. The third-order valence-electron chi connectivity index (χ3n) is 6.05. The molecule has 3 heterocycles. The highest BCUT2D eigenvalue weighted by molar-refractivity contribution is 5.80. The van der Waals surface area contributed by atoms with Gasteiger partial charge in [0.2, 0.25) is 11.9 Å². The van der Waals surface area contributed by atoms with Gasteiger partial charge in [0.05, 0.1) is 11.6 Å². The minimum absolute atomic E-state index is 0.0527. The smallest absolute Gasteiger partial charge is 0.228 e. The van der Waals surface area contributed by atoms with Crippen LogP contribution >= 0.6 is 0 Å². The van der Waals surface area contributed by atoms with Crippen LogP contribution in [0.2, 0.25) is 0 Å². The number of amides is 1. The Morgan fingerprint density at radius 3 is 2.70 bits per heavy atom. The first-order valence-electron chi connectivity index (χ1n) is 10.5. The fourth-order valence-corrected chi connectivity index (χ4v) is 4.31. The normalized spacial score (nSPS) is 24.1. The SMILES string of the molecule is CC1NNCC1C(=O)N1CCCC(c2nc(N(C)C)ncc2-c2ccc(F)cc2)C1. The molecule has 2 aliphatic heterocycles. The zero-order valence-electron chi connectivity index (χ0n) is 17.7. The molecule has 2 N–H and O–H groups in total. The van der Waals surface area contributed by atoms with Gasteiger partial charge in [-0.1, -0.05) is 12.1 Å². The molecule has 1 amide bonds. The number of hydrogen-bond acceptors (Lipinski definition) is 6. The molecule has 8 heteroatoms. The van der Waals surface area contributed by atoms with E-state index in [0.29, 0.717) is 19.0 Å². The summed E-state index contributed by atoms with van der Waals surface area (Å²) in [5, 5.41) is 0. The molecule has 1 aromatic heterocycles. The predicted molar refractivity (Wildman–Crippen MR) is 114 cm³/mol. The molecule has 160 valence electrons. The van der Waals surface area contributed by atoms with E-state index >= 15 is 0 Å². The van der Waals surface area contributed by atoms with Crippen LogP contribution in [-0.4, -0.2) is 60.5 Å². The highest BCUT2D eigenvalue weighted by atomic mass is 19.1.